The van der Waals surface area contributed by atoms with E-state index in [0.717, 1.165) is 25.0 Å². The third kappa shape index (κ3) is 6.31. The molecule has 1 N–H and O–H groups in total. The molecule has 1 atom stereocenters. The van der Waals surface area contributed by atoms with Crippen molar-refractivity contribution < 1.29 is 5.11 Å². The van der Waals surface area contributed by atoms with Crippen LogP contribution in [0.15, 0.2) is 0 Å². The number of rotatable bonds is 4. The first-order valence-electron chi connectivity index (χ1n) is 3.03. The Hall–Kier alpha value is 0.310. The predicted molar refractivity (Wildman–Crippen MR) is 38.0 cm³/mol. The van der Waals surface area contributed by atoms with Crippen LogP contribution in [0.5, 0.6) is 0 Å². The molecule has 0 spiro atoms. The summed E-state index contributed by atoms with van der Waals surface area (Å²) in [5, 5.41) is 8.74. The van der Waals surface area contributed by atoms with E-state index in [9.17, 15) is 0 Å². The molecule has 0 aliphatic rings. The highest BCUT2D eigenvalue weighted by Crippen LogP contribution is 1.99. The number of unbranched alkanes of at least 4 members (excludes halogenated alkanes) is 1. The molecule has 0 aromatic carbocycles. The average molecular weight is 133 g/mol. The molecule has 0 bridgehead atoms. The summed E-state index contributed by atoms with van der Waals surface area (Å²) in [6, 6.07) is 0. The molecule has 0 amide bonds. The van der Waals surface area contributed by atoms with E-state index < -0.39 is 0 Å². The van der Waals surface area contributed by atoms with Crippen molar-refractivity contribution >= 4 is 12.6 Å². The predicted octanol–water partition coefficient (Wildman–Crippen LogP) is 1.73. The third-order valence-corrected chi connectivity index (χ3v) is 1.30. The molecule has 1 unspecified atom stereocenters. The monoisotopic (exact) mass is 133 g/mol. The smallest absolute Gasteiger partial charge is 0.0512 e. The first-order valence-corrected chi connectivity index (χ1v) is 3.61. The molecular weight excluding hydrogens is 120 g/mol. The minimum absolute atomic E-state index is 0.142. The van der Waals surface area contributed by atoms with Gasteiger partial charge >= 0.3 is 0 Å². The lowest BCUT2D eigenvalue weighted by molar-refractivity contribution is 0.181. The van der Waals surface area contributed by atoms with Crippen molar-refractivity contribution in [1.29, 1.82) is 0 Å². The zero-order valence-electron chi connectivity index (χ0n) is 5.26. The number of aliphatic hydroxyl groups excluding tert-OH is 1. The molecule has 0 heterocycles. The van der Waals surface area contributed by atoms with Crippen LogP contribution in [0.2, 0.25) is 0 Å². The van der Waals surface area contributed by atoms with Crippen molar-refractivity contribution in [3.05, 3.63) is 0 Å². The Labute approximate surface area is 56.5 Å². The van der Waals surface area contributed by atoms with Gasteiger partial charge in [-0.15, -0.1) is 0 Å². The van der Waals surface area contributed by atoms with Gasteiger partial charge in [0, 0.05) is 5.75 Å². The lowest BCUT2D eigenvalue weighted by Gasteiger charge is -1.99. The highest BCUT2D eigenvalue weighted by molar-refractivity contribution is 7.80. The van der Waals surface area contributed by atoms with Crippen LogP contribution in [0.3, 0.4) is 0 Å². The summed E-state index contributed by atoms with van der Waals surface area (Å²) in [5.74, 6) is 0.826. The zero-order valence-corrected chi connectivity index (χ0v) is 6.08. The Balaban J connectivity index is 2.72. The van der Waals surface area contributed by atoms with Crippen molar-refractivity contribution in [3.8, 4) is 0 Å². The summed E-state index contributed by atoms with van der Waals surface area (Å²) in [4.78, 5) is 0. The van der Waals surface area contributed by atoms with Gasteiger partial charge in [0.1, 0.15) is 0 Å². The topological polar surface area (TPSA) is 20.2 Å². The van der Waals surface area contributed by atoms with Gasteiger partial charge in [0.05, 0.1) is 6.10 Å². The standard InChI is InChI=1S/C6H13OS/c1-6(7)4-2-3-5-8/h6-7H,2-5H2,1H3. The molecule has 8 heavy (non-hydrogen) atoms. The van der Waals surface area contributed by atoms with E-state index in [2.05, 4.69) is 0 Å². The highest BCUT2D eigenvalue weighted by Gasteiger charge is 1.92. The Morgan fingerprint density at radius 2 is 2.12 bits per heavy atom. The Morgan fingerprint density at radius 1 is 1.50 bits per heavy atom. The van der Waals surface area contributed by atoms with Gasteiger partial charge in [0.2, 0.25) is 0 Å². The second-order valence-electron chi connectivity index (χ2n) is 2.05. The molecule has 0 aromatic rings. The second-order valence-corrected chi connectivity index (χ2v) is 2.46. The Kier molecular flexibility index (Phi) is 5.66. The Bertz CT molecular complexity index is 45.8. The third-order valence-electron chi connectivity index (χ3n) is 1.02. The molecule has 0 rings (SSSR count). The molecular formula is C6H13OS. The first-order chi connectivity index (χ1) is 3.77. The molecule has 49 valence electrons. The molecule has 0 saturated carbocycles. The minimum atomic E-state index is -0.142. The van der Waals surface area contributed by atoms with Crippen LogP contribution < -0.4 is 0 Å². The maximum absolute atomic E-state index is 8.74. The number of hydrogen-bond acceptors (Lipinski definition) is 1. The highest BCUT2D eigenvalue weighted by atomic mass is 32.1. The van der Waals surface area contributed by atoms with E-state index in [1.807, 2.05) is 6.92 Å². The maximum atomic E-state index is 8.74. The number of hydrogen-bond donors (Lipinski definition) is 1. The summed E-state index contributed by atoms with van der Waals surface area (Å²) in [5.41, 5.74) is 0. The van der Waals surface area contributed by atoms with Gasteiger partial charge in [-0.3, -0.25) is 0 Å². The molecule has 2 heteroatoms. The van der Waals surface area contributed by atoms with E-state index in [4.69, 9.17) is 17.7 Å². The van der Waals surface area contributed by atoms with Gasteiger partial charge in [-0.05, 0) is 19.8 Å². The van der Waals surface area contributed by atoms with Gasteiger partial charge in [0.15, 0.2) is 0 Å². The van der Waals surface area contributed by atoms with Crippen molar-refractivity contribution in [2.75, 3.05) is 5.75 Å². The van der Waals surface area contributed by atoms with Gasteiger partial charge in [-0.25, -0.2) is 0 Å². The van der Waals surface area contributed by atoms with Gasteiger partial charge in [0.25, 0.3) is 0 Å². The fourth-order valence-corrected chi connectivity index (χ4v) is 0.746. The van der Waals surface area contributed by atoms with E-state index in [1.54, 1.807) is 0 Å². The minimum Gasteiger partial charge on any atom is -0.393 e. The maximum Gasteiger partial charge on any atom is 0.0512 e. The molecule has 0 aliphatic carbocycles. The quantitative estimate of drug-likeness (QED) is 0.579. The molecule has 0 aromatic heterocycles. The normalized spacial score (nSPS) is 13.9. The summed E-state index contributed by atoms with van der Waals surface area (Å²) in [6.07, 6.45) is 2.90. The van der Waals surface area contributed by atoms with Crippen molar-refractivity contribution in [3.63, 3.8) is 0 Å². The van der Waals surface area contributed by atoms with Crippen molar-refractivity contribution in [1.82, 2.24) is 0 Å². The van der Waals surface area contributed by atoms with Crippen LogP contribution in [0.25, 0.3) is 0 Å². The lowest BCUT2D eigenvalue weighted by Crippen LogP contribution is -1.98. The fraction of sp³-hybridized carbons (Fsp3) is 1.00. The summed E-state index contributed by atoms with van der Waals surface area (Å²) in [6.45, 7) is 1.81. The summed E-state index contributed by atoms with van der Waals surface area (Å²) >= 11 is 4.72. The first kappa shape index (κ1) is 8.31. The summed E-state index contributed by atoms with van der Waals surface area (Å²) < 4.78 is 0. The molecule has 1 nitrogen and oxygen atoms in total. The van der Waals surface area contributed by atoms with Crippen molar-refractivity contribution in [2.24, 2.45) is 0 Å². The van der Waals surface area contributed by atoms with Crippen LogP contribution >= 0.6 is 12.6 Å². The second kappa shape index (κ2) is 5.45. The summed E-state index contributed by atoms with van der Waals surface area (Å²) in [7, 11) is 0. The van der Waals surface area contributed by atoms with Crippen LogP contribution in [0.4, 0.5) is 0 Å². The molecule has 0 fully saturated rings. The largest absolute Gasteiger partial charge is 0.393 e. The van der Waals surface area contributed by atoms with Crippen LogP contribution in [-0.4, -0.2) is 17.0 Å². The van der Waals surface area contributed by atoms with E-state index in [-0.39, 0.29) is 6.10 Å². The van der Waals surface area contributed by atoms with Gasteiger partial charge in [-0.1, -0.05) is 19.0 Å². The van der Waals surface area contributed by atoms with Crippen LogP contribution in [0, 0.1) is 0 Å². The molecule has 0 saturated heterocycles. The van der Waals surface area contributed by atoms with Crippen LogP contribution in [0.1, 0.15) is 26.2 Å². The average Bonchev–Trinajstić information content (AvgIpc) is 1.66. The molecule has 1 radical (unpaired) electrons. The lowest BCUT2D eigenvalue weighted by atomic mass is 10.2. The Morgan fingerprint density at radius 3 is 2.50 bits per heavy atom. The number of aliphatic hydroxyl groups is 1. The van der Waals surface area contributed by atoms with Gasteiger partial charge in [-0.2, -0.15) is 0 Å². The fourth-order valence-electron chi connectivity index (χ4n) is 0.542. The van der Waals surface area contributed by atoms with E-state index in [0.29, 0.717) is 0 Å². The van der Waals surface area contributed by atoms with Crippen molar-refractivity contribution in [2.45, 2.75) is 32.3 Å². The van der Waals surface area contributed by atoms with Gasteiger partial charge < -0.3 is 5.11 Å². The molecule has 0 aliphatic heterocycles. The van der Waals surface area contributed by atoms with E-state index in [1.165, 1.54) is 0 Å². The van der Waals surface area contributed by atoms with E-state index >= 15 is 0 Å². The zero-order chi connectivity index (χ0) is 6.41. The SMILES string of the molecule is CC(O)CCCC[S]. The van der Waals surface area contributed by atoms with Crippen LogP contribution in [-0.2, 0) is 0 Å².